The van der Waals surface area contributed by atoms with Crippen LogP contribution in [0.15, 0.2) is 6.07 Å². The third-order valence-electron chi connectivity index (χ3n) is 2.98. The molecule has 0 unspecified atom stereocenters. The fourth-order valence-corrected chi connectivity index (χ4v) is 2.13. The first-order chi connectivity index (χ1) is 7.46. The Hall–Kier alpha value is -1.40. The zero-order valence-electron chi connectivity index (χ0n) is 9.30. The highest BCUT2D eigenvalue weighted by Crippen LogP contribution is 2.38. The van der Waals surface area contributed by atoms with Crippen LogP contribution < -0.4 is 5.73 Å². The van der Waals surface area contributed by atoms with Crippen molar-refractivity contribution in [3.8, 4) is 0 Å². The van der Waals surface area contributed by atoms with E-state index >= 15 is 0 Å². The summed E-state index contributed by atoms with van der Waals surface area (Å²) in [6, 6.07) is 1.62. The molecule has 0 bridgehead atoms. The molecule has 2 rings (SSSR count). The number of ether oxygens (including phenoxy) is 1. The Morgan fingerprint density at radius 3 is 2.88 bits per heavy atom. The van der Waals surface area contributed by atoms with Crippen LogP contribution in [0.4, 0.5) is 0 Å². The Bertz CT molecular complexity index is 421. The maximum atomic E-state index is 11.3. The number of hydrogen-bond acceptors (Lipinski definition) is 5. The van der Waals surface area contributed by atoms with Crippen LogP contribution in [0.3, 0.4) is 0 Å². The Balaban J connectivity index is 2.29. The van der Waals surface area contributed by atoms with Crippen LogP contribution in [0.5, 0.6) is 0 Å². The summed E-state index contributed by atoms with van der Waals surface area (Å²) in [7, 11) is 3.03. The van der Waals surface area contributed by atoms with Gasteiger partial charge in [0.2, 0.25) is 0 Å². The van der Waals surface area contributed by atoms with Crippen LogP contribution in [-0.4, -0.2) is 34.1 Å². The lowest BCUT2D eigenvalue weighted by Gasteiger charge is -2.42. The monoisotopic (exact) mass is 225 g/mol. The molecular weight excluding hydrogens is 210 g/mol. The SMILES string of the molecule is COC(=O)c1cc(C2(N)CC(O)C2)n(C)n1. The molecule has 1 aromatic rings. The lowest BCUT2D eigenvalue weighted by atomic mass is 9.73. The molecular formula is C10H15N3O3. The van der Waals surface area contributed by atoms with E-state index < -0.39 is 11.5 Å². The van der Waals surface area contributed by atoms with E-state index in [0.717, 1.165) is 5.69 Å². The van der Waals surface area contributed by atoms with Gasteiger partial charge in [-0.25, -0.2) is 4.79 Å². The van der Waals surface area contributed by atoms with Gasteiger partial charge < -0.3 is 15.6 Å². The first-order valence-corrected chi connectivity index (χ1v) is 5.06. The summed E-state index contributed by atoms with van der Waals surface area (Å²) in [6.45, 7) is 0. The number of nitrogens with zero attached hydrogens (tertiary/aromatic N) is 2. The van der Waals surface area contributed by atoms with Gasteiger partial charge in [-0.05, 0) is 18.9 Å². The second-order valence-corrected chi connectivity index (χ2v) is 4.25. The van der Waals surface area contributed by atoms with Gasteiger partial charge in [0.1, 0.15) is 0 Å². The Kier molecular flexibility index (Phi) is 2.47. The van der Waals surface area contributed by atoms with E-state index in [2.05, 4.69) is 9.84 Å². The maximum Gasteiger partial charge on any atom is 0.358 e. The highest BCUT2D eigenvalue weighted by molar-refractivity contribution is 5.87. The zero-order valence-corrected chi connectivity index (χ0v) is 9.30. The van der Waals surface area contributed by atoms with E-state index in [1.165, 1.54) is 7.11 Å². The minimum absolute atomic E-state index is 0.242. The van der Waals surface area contributed by atoms with Crippen molar-refractivity contribution < 1.29 is 14.6 Å². The van der Waals surface area contributed by atoms with Crippen molar-refractivity contribution in [2.45, 2.75) is 24.5 Å². The molecule has 16 heavy (non-hydrogen) atoms. The summed E-state index contributed by atoms with van der Waals surface area (Å²) in [5.74, 6) is -0.481. The molecule has 1 aliphatic carbocycles. The second-order valence-electron chi connectivity index (χ2n) is 4.25. The minimum atomic E-state index is -0.576. The molecule has 88 valence electrons. The van der Waals surface area contributed by atoms with Gasteiger partial charge >= 0.3 is 5.97 Å². The number of esters is 1. The van der Waals surface area contributed by atoms with E-state index in [-0.39, 0.29) is 11.8 Å². The molecule has 1 fully saturated rings. The van der Waals surface area contributed by atoms with E-state index in [1.54, 1.807) is 17.8 Å². The van der Waals surface area contributed by atoms with Gasteiger partial charge in [0.25, 0.3) is 0 Å². The maximum absolute atomic E-state index is 11.3. The van der Waals surface area contributed by atoms with Crippen LogP contribution in [0, 0.1) is 0 Å². The first kappa shape index (κ1) is 11.1. The molecule has 1 heterocycles. The van der Waals surface area contributed by atoms with Crippen molar-refractivity contribution in [2.24, 2.45) is 12.8 Å². The molecule has 1 aliphatic rings. The van der Waals surface area contributed by atoms with Gasteiger partial charge in [-0.3, -0.25) is 4.68 Å². The van der Waals surface area contributed by atoms with Crippen molar-refractivity contribution >= 4 is 5.97 Å². The number of aliphatic hydroxyl groups excluding tert-OH is 1. The number of aliphatic hydroxyl groups is 1. The molecule has 6 heteroatoms. The summed E-state index contributed by atoms with van der Waals surface area (Å²) < 4.78 is 6.15. The van der Waals surface area contributed by atoms with Crippen molar-refractivity contribution in [1.29, 1.82) is 0 Å². The van der Waals surface area contributed by atoms with Crippen LogP contribution in [-0.2, 0) is 17.3 Å². The van der Waals surface area contributed by atoms with E-state index in [1.807, 2.05) is 0 Å². The fraction of sp³-hybridized carbons (Fsp3) is 0.600. The van der Waals surface area contributed by atoms with Gasteiger partial charge in [0.15, 0.2) is 5.69 Å². The largest absolute Gasteiger partial charge is 0.464 e. The summed E-state index contributed by atoms with van der Waals surface area (Å²) in [4.78, 5) is 11.3. The number of rotatable bonds is 2. The van der Waals surface area contributed by atoms with E-state index in [9.17, 15) is 9.90 Å². The average Bonchev–Trinajstić information content (AvgIpc) is 2.57. The van der Waals surface area contributed by atoms with Gasteiger partial charge in [-0.15, -0.1) is 0 Å². The van der Waals surface area contributed by atoms with E-state index in [0.29, 0.717) is 12.8 Å². The quantitative estimate of drug-likeness (QED) is 0.663. The second kappa shape index (κ2) is 3.57. The molecule has 1 aromatic heterocycles. The van der Waals surface area contributed by atoms with Crippen molar-refractivity contribution in [3.05, 3.63) is 17.5 Å². The Morgan fingerprint density at radius 1 is 1.75 bits per heavy atom. The topological polar surface area (TPSA) is 90.4 Å². The van der Waals surface area contributed by atoms with Gasteiger partial charge in [0, 0.05) is 7.05 Å². The lowest BCUT2D eigenvalue weighted by Crippen LogP contribution is -2.52. The van der Waals surface area contributed by atoms with Crippen LogP contribution in [0.1, 0.15) is 29.0 Å². The summed E-state index contributed by atoms with van der Waals surface area (Å²) >= 11 is 0. The number of hydrogen-bond donors (Lipinski definition) is 2. The van der Waals surface area contributed by atoms with Gasteiger partial charge in [-0.2, -0.15) is 5.10 Å². The number of carbonyl (C=O) groups excluding carboxylic acids is 1. The van der Waals surface area contributed by atoms with Crippen molar-refractivity contribution in [3.63, 3.8) is 0 Å². The Morgan fingerprint density at radius 2 is 2.38 bits per heavy atom. The third kappa shape index (κ3) is 1.60. The third-order valence-corrected chi connectivity index (χ3v) is 2.98. The standard InChI is InChI=1S/C10H15N3O3/c1-13-8(10(11)4-6(14)5-10)3-7(12-13)9(15)16-2/h3,6,14H,4-5,11H2,1-2H3. The first-order valence-electron chi connectivity index (χ1n) is 5.06. The molecule has 0 atom stereocenters. The minimum Gasteiger partial charge on any atom is -0.464 e. The van der Waals surface area contributed by atoms with Crippen molar-refractivity contribution in [1.82, 2.24) is 9.78 Å². The van der Waals surface area contributed by atoms with Crippen molar-refractivity contribution in [2.75, 3.05) is 7.11 Å². The molecule has 6 nitrogen and oxygen atoms in total. The smallest absolute Gasteiger partial charge is 0.358 e. The molecule has 0 saturated heterocycles. The van der Waals surface area contributed by atoms with Gasteiger partial charge in [-0.1, -0.05) is 0 Å². The molecule has 3 N–H and O–H groups in total. The molecule has 0 aliphatic heterocycles. The predicted octanol–water partition coefficient (Wildman–Crippen LogP) is -0.485. The normalized spacial score (nSPS) is 28.6. The molecule has 0 spiro atoms. The highest BCUT2D eigenvalue weighted by Gasteiger charge is 2.44. The average molecular weight is 225 g/mol. The van der Waals surface area contributed by atoms with Crippen LogP contribution in [0.2, 0.25) is 0 Å². The Labute approximate surface area is 93.0 Å². The molecule has 1 saturated carbocycles. The fourth-order valence-electron chi connectivity index (χ4n) is 2.13. The highest BCUT2D eigenvalue weighted by atomic mass is 16.5. The summed E-state index contributed by atoms with van der Waals surface area (Å²) in [5.41, 5.74) is 6.51. The molecule has 0 amide bonds. The zero-order chi connectivity index (χ0) is 11.9. The number of methoxy groups -OCH3 is 1. The molecule has 0 radical (unpaired) electrons. The van der Waals surface area contributed by atoms with Crippen LogP contribution >= 0.6 is 0 Å². The van der Waals surface area contributed by atoms with Gasteiger partial charge in [0.05, 0.1) is 24.4 Å². The predicted molar refractivity (Wildman–Crippen MR) is 55.7 cm³/mol. The summed E-state index contributed by atoms with van der Waals surface area (Å²) in [5, 5.41) is 13.3. The van der Waals surface area contributed by atoms with Crippen LogP contribution in [0.25, 0.3) is 0 Å². The number of aromatic nitrogens is 2. The van der Waals surface area contributed by atoms with E-state index in [4.69, 9.17) is 5.73 Å². The summed E-state index contributed by atoms with van der Waals surface area (Å²) in [6.07, 6.45) is 0.627. The lowest BCUT2D eigenvalue weighted by molar-refractivity contribution is 0.0170. The number of carbonyl (C=O) groups is 1. The number of nitrogens with two attached hydrogens (primary N) is 1. The number of aryl methyl sites for hydroxylation is 1. The molecule has 0 aromatic carbocycles.